The van der Waals surface area contributed by atoms with Gasteiger partial charge in [-0.25, -0.2) is 4.79 Å². The highest BCUT2D eigenvalue weighted by atomic mass is 35.5. The molecular formula is C12H14Cl2N2O2. The van der Waals surface area contributed by atoms with Gasteiger partial charge in [-0.1, -0.05) is 11.6 Å². The first-order valence-corrected chi connectivity index (χ1v) is 6.08. The second-order valence-electron chi connectivity index (χ2n) is 4.49. The van der Waals surface area contributed by atoms with Crippen LogP contribution in [0.5, 0.6) is 5.75 Å². The number of hydrogen-bond donors (Lipinski definition) is 2. The highest BCUT2D eigenvalue weighted by molar-refractivity contribution is 6.30. The Morgan fingerprint density at radius 2 is 2.00 bits per heavy atom. The highest BCUT2D eigenvalue weighted by Crippen LogP contribution is 2.40. The maximum Gasteiger partial charge on any atom is 0.413 e. The lowest BCUT2D eigenvalue weighted by Crippen LogP contribution is -2.55. The molecule has 0 aliphatic carbocycles. The van der Waals surface area contributed by atoms with Crippen molar-refractivity contribution in [2.75, 3.05) is 13.1 Å². The molecule has 1 aromatic carbocycles. The molecule has 0 atom stereocenters. The Labute approximate surface area is 116 Å². The van der Waals surface area contributed by atoms with Crippen molar-refractivity contribution < 1.29 is 9.53 Å². The average Bonchev–Trinajstić information content (AvgIpc) is 2.31. The minimum atomic E-state index is -0.373. The van der Waals surface area contributed by atoms with Crippen LogP contribution in [0.4, 0.5) is 4.79 Å². The first-order valence-electron chi connectivity index (χ1n) is 5.70. The minimum Gasteiger partial charge on any atom is -0.410 e. The number of carbonyl (C=O) groups excluding carboxylic acids is 1. The average molecular weight is 289 g/mol. The van der Waals surface area contributed by atoms with E-state index < -0.39 is 0 Å². The predicted molar refractivity (Wildman–Crippen MR) is 71.6 cm³/mol. The Balaban J connectivity index is 0.00000120. The number of ether oxygens (including phenoxy) is 1. The van der Waals surface area contributed by atoms with Gasteiger partial charge in [0.05, 0.1) is 5.54 Å². The van der Waals surface area contributed by atoms with E-state index >= 15 is 0 Å². The van der Waals surface area contributed by atoms with Crippen LogP contribution in [0.2, 0.25) is 5.02 Å². The van der Waals surface area contributed by atoms with Crippen molar-refractivity contribution in [2.24, 2.45) is 0 Å². The second kappa shape index (κ2) is 4.96. The molecule has 0 radical (unpaired) electrons. The zero-order chi connectivity index (χ0) is 11.9. The molecule has 1 amide bonds. The van der Waals surface area contributed by atoms with Crippen LogP contribution >= 0.6 is 24.0 Å². The fourth-order valence-electron chi connectivity index (χ4n) is 2.60. The summed E-state index contributed by atoms with van der Waals surface area (Å²) >= 11 is 6.03. The standard InChI is InChI=1S/C12H13ClN2O2.ClH/c13-8-1-2-10-9(7-8)12(15-11(16)17-10)3-5-14-6-4-12;/h1-2,7,14H,3-6H2,(H,15,16);1H. The molecule has 4 nitrogen and oxygen atoms in total. The molecular weight excluding hydrogens is 275 g/mol. The van der Waals surface area contributed by atoms with Crippen molar-refractivity contribution in [1.29, 1.82) is 0 Å². The van der Waals surface area contributed by atoms with Gasteiger partial charge in [0.1, 0.15) is 5.75 Å². The van der Waals surface area contributed by atoms with Gasteiger partial charge in [0.2, 0.25) is 0 Å². The highest BCUT2D eigenvalue weighted by Gasteiger charge is 2.41. The van der Waals surface area contributed by atoms with Crippen molar-refractivity contribution >= 4 is 30.1 Å². The summed E-state index contributed by atoms with van der Waals surface area (Å²) < 4.78 is 5.19. The molecule has 18 heavy (non-hydrogen) atoms. The zero-order valence-electron chi connectivity index (χ0n) is 9.66. The van der Waals surface area contributed by atoms with Crippen molar-refractivity contribution in [3.63, 3.8) is 0 Å². The van der Waals surface area contributed by atoms with E-state index in [1.807, 2.05) is 6.07 Å². The number of amides is 1. The lowest BCUT2D eigenvalue weighted by Gasteiger charge is -2.41. The van der Waals surface area contributed by atoms with E-state index in [0.717, 1.165) is 31.5 Å². The molecule has 0 aromatic heterocycles. The van der Waals surface area contributed by atoms with E-state index in [9.17, 15) is 4.79 Å². The summed E-state index contributed by atoms with van der Waals surface area (Å²) in [5.41, 5.74) is 0.673. The molecule has 2 heterocycles. The summed E-state index contributed by atoms with van der Waals surface area (Å²) in [6.07, 6.45) is 1.34. The van der Waals surface area contributed by atoms with Gasteiger partial charge in [0, 0.05) is 10.6 Å². The molecule has 1 fully saturated rings. The summed E-state index contributed by atoms with van der Waals surface area (Å²) in [7, 11) is 0. The molecule has 1 aromatic rings. The van der Waals surface area contributed by atoms with E-state index in [-0.39, 0.29) is 24.0 Å². The minimum absolute atomic E-state index is 0. The largest absolute Gasteiger partial charge is 0.413 e. The molecule has 0 unspecified atom stereocenters. The van der Waals surface area contributed by atoms with E-state index in [1.54, 1.807) is 12.1 Å². The molecule has 1 spiro atoms. The Morgan fingerprint density at radius 1 is 1.28 bits per heavy atom. The van der Waals surface area contributed by atoms with Crippen molar-refractivity contribution in [2.45, 2.75) is 18.4 Å². The normalized spacial score (nSPS) is 20.4. The maximum atomic E-state index is 11.6. The number of benzene rings is 1. The van der Waals surface area contributed by atoms with Gasteiger partial charge in [-0.05, 0) is 44.1 Å². The second-order valence-corrected chi connectivity index (χ2v) is 4.92. The third-order valence-electron chi connectivity index (χ3n) is 3.46. The summed E-state index contributed by atoms with van der Waals surface area (Å²) in [6, 6.07) is 5.40. The first kappa shape index (κ1) is 13.5. The van der Waals surface area contributed by atoms with Gasteiger partial charge in [-0.2, -0.15) is 0 Å². The maximum absolute atomic E-state index is 11.6. The summed E-state index contributed by atoms with van der Waals surface area (Å²) in [5.74, 6) is 0.625. The molecule has 0 bridgehead atoms. The van der Waals surface area contributed by atoms with Crippen LogP contribution in [-0.2, 0) is 5.54 Å². The van der Waals surface area contributed by atoms with E-state index in [1.165, 1.54) is 0 Å². The molecule has 2 N–H and O–H groups in total. The fourth-order valence-corrected chi connectivity index (χ4v) is 2.77. The number of halogens is 2. The van der Waals surface area contributed by atoms with Gasteiger partial charge < -0.3 is 15.4 Å². The van der Waals surface area contributed by atoms with Gasteiger partial charge in [-0.15, -0.1) is 12.4 Å². The first-order chi connectivity index (χ1) is 8.20. The Hall–Kier alpha value is -0.970. The fraction of sp³-hybridized carbons (Fsp3) is 0.417. The van der Waals surface area contributed by atoms with Gasteiger partial charge >= 0.3 is 6.09 Å². The van der Waals surface area contributed by atoms with Crippen LogP contribution in [-0.4, -0.2) is 19.2 Å². The lowest BCUT2D eigenvalue weighted by molar-refractivity contribution is 0.154. The van der Waals surface area contributed by atoms with Crippen LogP contribution in [0.3, 0.4) is 0 Å². The zero-order valence-corrected chi connectivity index (χ0v) is 11.2. The quantitative estimate of drug-likeness (QED) is 0.771. The predicted octanol–water partition coefficient (Wildman–Crippen LogP) is 2.44. The number of carbonyl (C=O) groups is 1. The summed E-state index contributed by atoms with van der Waals surface area (Å²) in [4.78, 5) is 11.6. The third-order valence-corrected chi connectivity index (χ3v) is 3.69. The van der Waals surface area contributed by atoms with Crippen molar-refractivity contribution in [3.8, 4) is 5.75 Å². The summed E-state index contributed by atoms with van der Waals surface area (Å²) in [5, 5.41) is 6.91. The number of rotatable bonds is 0. The van der Waals surface area contributed by atoms with Crippen LogP contribution in [0, 0.1) is 0 Å². The molecule has 2 aliphatic rings. The number of piperidine rings is 1. The molecule has 1 saturated heterocycles. The van der Waals surface area contributed by atoms with Crippen LogP contribution in [0.15, 0.2) is 18.2 Å². The van der Waals surface area contributed by atoms with Crippen molar-refractivity contribution in [1.82, 2.24) is 10.6 Å². The van der Waals surface area contributed by atoms with E-state index in [2.05, 4.69) is 10.6 Å². The monoisotopic (exact) mass is 288 g/mol. The number of hydrogen-bond acceptors (Lipinski definition) is 3. The molecule has 98 valence electrons. The lowest BCUT2D eigenvalue weighted by atomic mass is 9.80. The van der Waals surface area contributed by atoms with Gasteiger partial charge in [0.15, 0.2) is 0 Å². The topological polar surface area (TPSA) is 50.4 Å². The van der Waals surface area contributed by atoms with Crippen LogP contribution in [0.25, 0.3) is 0 Å². The SMILES string of the molecule is Cl.O=C1NC2(CCNCC2)c2cc(Cl)ccc2O1. The van der Waals surface area contributed by atoms with E-state index in [0.29, 0.717) is 10.8 Å². The smallest absolute Gasteiger partial charge is 0.410 e. The molecule has 0 saturated carbocycles. The van der Waals surface area contributed by atoms with Gasteiger partial charge in [-0.3, -0.25) is 0 Å². The molecule has 2 aliphatic heterocycles. The summed E-state index contributed by atoms with van der Waals surface area (Å²) in [6.45, 7) is 1.76. The Bertz CT molecular complexity index is 473. The molecule has 3 rings (SSSR count). The Kier molecular flexibility index (Phi) is 3.71. The number of fused-ring (bicyclic) bond motifs is 2. The van der Waals surface area contributed by atoms with Crippen molar-refractivity contribution in [3.05, 3.63) is 28.8 Å². The molecule has 6 heteroatoms. The van der Waals surface area contributed by atoms with E-state index in [4.69, 9.17) is 16.3 Å². The van der Waals surface area contributed by atoms with Crippen LogP contribution < -0.4 is 15.4 Å². The van der Waals surface area contributed by atoms with Gasteiger partial charge in [0.25, 0.3) is 0 Å². The third kappa shape index (κ3) is 2.16. The Morgan fingerprint density at radius 3 is 2.72 bits per heavy atom. The van der Waals surface area contributed by atoms with Crippen LogP contribution in [0.1, 0.15) is 18.4 Å². The number of nitrogens with one attached hydrogen (secondary N) is 2.